The number of carbonyl (C=O) groups is 2. The summed E-state index contributed by atoms with van der Waals surface area (Å²) >= 11 is 1.04. The molecule has 3 aromatic rings. The van der Waals surface area contributed by atoms with Crippen molar-refractivity contribution < 1.29 is 27.5 Å². The molecule has 0 bridgehead atoms. The second kappa shape index (κ2) is 8.57. The quantitative estimate of drug-likeness (QED) is 0.555. The molecule has 2 heterocycles. The molecule has 3 rings (SSSR count). The van der Waals surface area contributed by atoms with Gasteiger partial charge in [0.15, 0.2) is 10.8 Å². The largest absolute Gasteiger partial charge is 0.454 e. The molecular weight excluding hydrogens is 421 g/mol. The molecule has 0 aliphatic heterocycles. The minimum atomic E-state index is -4.54. The van der Waals surface area contributed by atoms with E-state index in [9.17, 15) is 22.8 Å². The first-order valence-corrected chi connectivity index (χ1v) is 9.41. The minimum Gasteiger partial charge on any atom is -0.454 e. The van der Waals surface area contributed by atoms with E-state index in [4.69, 9.17) is 4.74 Å². The number of carbonyl (C=O) groups excluding carboxylic acids is 2. The van der Waals surface area contributed by atoms with Gasteiger partial charge in [0.25, 0.3) is 0 Å². The molecule has 156 valence electrons. The number of alkyl halides is 3. The van der Waals surface area contributed by atoms with Gasteiger partial charge in [-0.25, -0.2) is 14.8 Å². The van der Waals surface area contributed by atoms with Crippen molar-refractivity contribution >= 4 is 34.0 Å². The van der Waals surface area contributed by atoms with Crippen LogP contribution in [0.15, 0.2) is 42.0 Å². The van der Waals surface area contributed by atoms with E-state index in [2.05, 4.69) is 15.0 Å². The van der Waals surface area contributed by atoms with Crippen LogP contribution in [0.1, 0.15) is 34.4 Å². The summed E-state index contributed by atoms with van der Waals surface area (Å²) < 4.78 is 44.1. The normalized spacial score (nSPS) is 11.2. The number of hydrogen-bond acceptors (Lipinski definition) is 7. The number of nitrogens with zero attached hydrogens (tertiary/aromatic N) is 4. The maximum atomic E-state index is 13.0. The van der Waals surface area contributed by atoms with Crippen molar-refractivity contribution in [3.8, 4) is 0 Å². The third kappa shape index (κ3) is 4.98. The van der Waals surface area contributed by atoms with E-state index in [0.717, 1.165) is 28.4 Å². The maximum absolute atomic E-state index is 13.0. The standard InChI is InChI=1S/C19H15F3N4O3S/c1-11-7-24-16(8-23-11)17(28)29-9-14-10-30-18(25-14)26(12(2)27)15-5-3-4-13(6-15)19(20,21)22/h3-8,10H,9H2,1-2H3. The Bertz CT molecular complexity index is 1070. The highest BCUT2D eigenvalue weighted by Crippen LogP contribution is 2.35. The Morgan fingerprint density at radius 1 is 1.20 bits per heavy atom. The van der Waals surface area contributed by atoms with Crippen molar-refractivity contribution in [2.75, 3.05) is 4.90 Å². The van der Waals surface area contributed by atoms with Gasteiger partial charge in [-0.1, -0.05) is 6.07 Å². The lowest BCUT2D eigenvalue weighted by Gasteiger charge is -2.19. The average molecular weight is 436 g/mol. The number of esters is 1. The number of benzene rings is 1. The number of halogens is 3. The molecule has 2 aromatic heterocycles. The Morgan fingerprint density at radius 2 is 1.97 bits per heavy atom. The van der Waals surface area contributed by atoms with Crippen LogP contribution >= 0.6 is 11.3 Å². The van der Waals surface area contributed by atoms with Crippen molar-refractivity contribution in [1.29, 1.82) is 0 Å². The lowest BCUT2D eigenvalue weighted by Crippen LogP contribution is -2.23. The Kier molecular flexibility index (Phi) is 6.11. The van der Waals surface area contributed by atoms with Gasteiger partial charge in [-0.15, -0.1) is 11.3 Å². The van der Waals surface area contributed by atoms with Gasteiger partial charge in [-0.3, -0.25) is 14.7 Å². The molecule has 0 radical (unpaired) electrons. The van der Waals surface area contributed by atoms with E-state index < -0.39 is 23.6 Å². The number of rotatable bonds is 5. The van der Waals surface area contributed by atoms with Crippen molar-refractivity contribution in [2.24, 2.45) is 0 Å². The predicted molar refractivity (Wildman–Crippen MR) is 102 cm³/mol. The van der Waals surface area contributed by atoms with E-state index in [0.29, 0.717) is 11.4 Å². The van der Waals surface area contributed by atoms with Crippen molar-refractivity contribution in [3.05, 3.63) is 64.7 Å². The maximum Gasteiger partial charge on any atom is 0.416 e. The lowest BCUT2D eigenvalue weighted by atomic mass is 10.2. The van der Waals surface area contributed by atoms with Crippen LogP contribution in [0.5, 0.6) is 0 Å². The van der Waals surface area contributed by atoms with Crippen molar-refractivity contribution in [2.45, 2.75) is 26.6 Å². The molecule has 0 aliphatic carbocycles. The predicted octanol–water partition coefficient (Wildman–Crippen LogP) is 4.30. The third-order valence-corrected chi connectivity index (χ3v) is 4.69. The first-order valence-electron chi connectivity index (χ1n) is 8.53. The van der Waals surface area contributed by atoms with Crippen LogP contribution < -0.4 is 4.90 Å². The fourth-order valence-electron chi connectivity index (χ4n) is 2.42. The third-order valence-electron chi connectivity index (χ3n) is 3.82. The summed E-state index contributed by atoms with van der Waals surface area (Å²) in [7, 11) is 0. The Hall–Kier alpha value is -3.34. The smallest absolute Gasteiger partial charge is 0.416 e. The fourth-order valence-corrected chi connectivity index (χ4v) is 3.30. The van der Waals surface area contributed by atoms with Crippen molar-refractivity contribution in [1.82, 2.24) is 15.0 Å². The highest BCUT2D eigenvalue weighted by molar-refractivity contribution is 7.14. The summed E-state index contributed by atoms with van der Waals surface area (Å²) in [6.07, 6.45) is -1.83. The van der Waals surface area contributed by atoms with E-state index >= 15 is 0 Å². The van der Waals surface area contributed by atoms with E-state index in [-0.39, 0.29) is 23.1 Å². The monoisotopic (exact) mass is 436 g/mol. The van der Waals surface area contributed by atoms with Gasteiger partial charge in [-0.2, -0.15) is 13.2 Å². The molecule has 1 aromatic carbocycles. The molecule has 0 atom stereocenters. The molecule has 11 heteroatoms. The van der Waals surface area contributed by atoms with Gasteiger partial charge in [0.2, 0.25) is 5.91 Å². The second-order valence-electron chi connectivity index (χ2n) is 6.14. The first-order chi connectivity index (χ1) is 14.1. The van der Waals surface area contributed by atoms with Crippen LogP contribution in [-0.4, -0.2) is 26.8 Å². The summed E-state index contributed by atoms with van der Waals surface area (Å²) in [6, 6.07) is 4.39. The zero-order valence-electron chi connectivity index (χ0n) is 15.8. The van der Waals surface area contributed by atoms with Gasteiger partial charge < -0.3 is 4.74 Å². The Balaban J connectivity index is 1.76. The molecule has 0 fully saturated rings. The van der Waals surface area contributed by atoms with Crippen molar-refractivity contribution in [3.63, 3.8) is 0 Å². The summed E-state index contributed by atoms with van der Waals surface area (Å²) in [6.45, 7) is 2.75. The molecule has 30 heavy (non-hydrogen) atoms. The van der Waals surface area contributed by atoms with Crippen LogP contribution in [-0.2, 0) is 22.3 Å². The van der Waals surface area contributed by atoms with Crippen LogP contribution in [0.3, 0.4) is 0 Å². The molecule has 0 unspecified atom stereocenters. The van der Waals surface area contributed by atoms with Gasteiger partial charge in [0.1, 0.15) is 6.61 Å². The van der Waals surface area contributed by atoms with Gasteiger partial charge in [0, 0.05) is 18.5 Å². The van der Waals surface area contributed by atoms with Crippen LogP contribution in [0.25, 0.3) is 0 Å². The lowest BCUT2D eigenvalue weighted by molar-refractivity contribution is -0.137. The van der Waals surface area contributed by atoms with Gasteiger partial charge >= 0.3 is 12.1 Å². The summed E-state index contributed by atoms with van der Waals surface area (Å²) in [5, 5.41) is 1.70. The molecule has 1 amide bonds. The van der Waals surface area contributed by atoms with E-state index in [1.807, 2.05) is 0 Å². The summed E-state index contributed by atoms with van der Waals surface area (Å²) in [4.78, 5) is 37.3. The summed E-state index contributed by atoms with van der Waals surface area (Å²) in [5.41, 5.74) is 0.169. The number of anilines is 2. The number of ether oxygens (including phenoxy) is 1. The molecule has 0 aliphatic rings. The first kappa shape index (κ1) is 21.4. The number of amides is 1. The van der Waals surface area contributed by atoms with Crippen LogP contribution in [0.2, 0.25) is 0 Å². The molecular formula is C19H15F3N4O3S. The average Bonchev–Trinajstić information content (AvgIpc) is 3.14. The number of aryl methyl sites for hydroxylation is 1. The Labute approximate surface area is 173 Å². The van der Waals surface area contributed by atoms with Crippen LogP contribution in [0, 0.1) is 6.92 Å². The fraction of sp³-hybridized carbons (Fsp3) is 0.211. The molecule has 0 N–H and O–H groups in total. The van der Waals surface area contributed by atoms with Crippen LogP contribution in [0.4, 0.5) is 24.0 Å². The SMILES string of the molecule is CC(=O)N(c1cccc(C(F)(F)F)c1)c1nc(COC(=O)c2cnc(C)cn2)cs1. The highest BCUT2D eigenvalue weighted by atomic mass is 32.1. The Morgan fingerprint density at radius 3 is 2.60 bits per heavy atom. The van der Waals surface area contributed by atoms with Gasteiger partial charge in [0.05, 0.1) is 28.8 Å². The molecule has 0 saturated heterocycles. The van der Waals surface area contributed by atoms with Gasteiger partial charge in [-0.05, 0) is 25.1 Å². The van der Waals surface area contributed by atoms with E-state index in [1.165, 1.54) is 31.5 Å². The zero-order valence-corrected chi connectivity index (χ0v) is 16.6. The number of thiazole rings is 1. The highest BCUT2D eigenvalue weighted by Gasteiger charge is 2.31. The van der Waals surface area contributed by atoms with E-state index in [1.54, 1.807) is 12.3 Å². The molecule has 0 saturated carbocycles. The zero-order chi connectivity index (χ0) is 21.9. The number of hydrogen-bond donors (Lipinski definition) is 0. The molecule has 0 spiro atoms. The summed E-state index contributed by atoms with van der Waals surface area (Å²) in [5.74, 6) is -1.21. The minimum absolute atomic E-state index is 0.0325. The molecule has 7 nitrogen and oxygen atoms in total. The second-order valence-corrected chi connectivity index (χ2v) is 6.98. The number of aromatic nitrogens is 3. The topological polar surface area (TPSA) is 85.3 Å².